The standard InChI is InChI=1S/C12H15Cl3O4/c1-8(16)19-10(12(13,14)15)5-3-9-4-6-11(17-2)18-7-9/h3-4,6,10-11H,5,7H2,1-2H3/b9-3+/t10-,11?/m1/s1. The van der Waals surface area contributed by atoms with Gasteiger partial charge in [0.15, 0.2) is 12.4 Å². The summed E-state index contributed by atoms with van der Waals surface area (Å²) in [5.74, 6) is -0.496. The Balaban J connectivity index is 2.63. The predicted octanol–water partition coefficient (Wildman–Crippen LogP) is 3.16. The highest BCUT2D eigenvalue weighted by molar-refractivity contribution is 6.68. The number of halogens is 3. The first-order valence-electron chi connectivity index (χ1n) is 5.58. The second kappa shape index (κ2) is 7.50. The van der Waals surface area contributed by atoms with Crippen molar-refractivity contribution in [2.75, 3.05) is 13.7 Å². The van der Waals surface area contributed by atoms with Gasteiger partial charge < -0.3 is 14.2 Å². The minimum Gasteiger partial charge on any atom is -0.458 e. The van der Waals surface area contributed by atoms with Gasteiger partial charge in [-0.15, -0.1) is 0 Å². The van der Waals surface area contributed by atoms with Crippen LogP contribution >= 0.6 is 34.8 Å². The maximum absolute atomic E-state index is 11.0. The third kappa shape index (κ3) is 6.15. The fraction of sp³-hybridized carbons (Fsp3) is 0.583. The van der Waals surface area contributed by atoms with Gasteiger partial charge in [0.25, 0.3) is 0 Å². The van der Waals surface area contributed by atoms with Gasteiger partial charge in [0.05, 0.1) is 6.61 Å². The van der Waals surface area contributed by atoms with E-state index in [4.69, 9.17) is 49.0 Å². The van der Waals surface area contributed by atoms with Crippen molar-refractivity contribution in [2.24, 2.45) is 0 Å². The first kappa shape index (κ1) is 16.8. The number of rotatable bonds is 4. The highest BCUT2D eigenvalue weighted by Crippen LogP contribution is 2.34. The van der Waals surface area contributed by atoms with Crippen LogP contribution in [0.15, 0.2) is 23.8 Å². The lowest BCUT2D eigenvalue weighted by atomic mass is 10.1. The van der Waals surface area contributed by atoms with E-state index in [0.29, 0.717) is 6.61 Å². The second-order valence-electron chi connectivity index (χ2n) is 3.93. The first-order valence-corrected chi connectivity index (χ1v) is 6.72. The normalized spacial score (nSPS) is 23.4. The zero-order valence-electron chi connectivity index (χ0n) is 10.6. The van der Waals surface area contributed by atoms with Crippen LogP contribution in [-0.2, 0) is 19.0 Å². The summed E-state index contributed by atoms with van der Waals surface area (Å²) in [6, 6.07) is 0. The number of ether oxygens (including phenoxy) is 3. The number of esters is 1. The van der Waals surface area contributed by atoms with Crippen molar-refractivity contribution in [1.82, 2.24) is 0 Å². The summed E-state index contributed by atoms with van der Waals surface area (Å²) in [4.78, 5) is 11.0. The lowest BCUT2D eigenvalue weighted by molar-refractivity contribution is -0.145. The van der Waals surface area contributed by atoms with E-state index < -0.39 is 15.9 Å². The number of hydrogen-bond donors (Lipinski definition) is 0. The molecule has 0 N–H and O–H groups in total. The number of carbonyl (C=O) groups is 1. The van der Waals surface area contributed by atoms with Gasteiger partial charge in [-0.25, -0.2) is 0 Å². The quantitative estimate of drug-likeness (QED) is 0.587. The van der Waals surface area contributed by atoms with Gasteiger partial charge in [-0.1, -0.05) is 47.0 Å². The molecular weight excluding hydrogens is 314 g/mol. The van der Waals surface area contributed by atoms with Crippen LogP contribution in [0.4, 0.5) is 0 Å². The Morgan fingerprint density at radius 3 is 2.74 bits per heavy atom. The van der Waals surface area contributed by atoms with Crippen molar-refractivity contribution in [2.45, 2.75) is 29.5 Å². The van der Waals surface area contributed by atoms with Gasteiger partial charge >= 0.3 is 5.97 Å². The molecule has 1 heterocycles. The summed E-state index contributed by atoms with van der Waals surface area (Å²) >= 11 is 17.3. The molecule has 108 valence electrons. The van der Waals surface area contributed by atoms with E-state index in [1.165, 1.54) is 6.92 Å². The summed E-state index contributed by atoms with van der Waals surface area (Å²) in [6.07, 6.45) is 4.55. The van der Waals surface area contributed by atoms with Crippen LogP contribution in [0.5, 0.6) is 0 Å². The largest absolute Gasteiger partial charge is 0.458 e. The number of hydrogen-bond acceptors (Lipinski definition) is 4. The molecule has 0 bridgehead atoms. The van der Waals surface area contributed by atoms with Gasteiger partial charge in [0, 0.05) is 20.5 Å². The monoisotopic (exact) mass is 328 g/mol. The molecule has 1 aliphatic heterocycles. The van der Waals surface area contributed by atoms with E-state index in [2.05, 4.69) is 0 Å². The van der Waals surface area contributed by atoms with Crippen molar-refractivity contribution in [1.29, 1.82) is 0 Å². The molecule has 0 spiro atoms. The van der Waals surface area contributed by atoms with E-state index in [1.807, 2.05) is 6.08 Å². The number of methoxy groups -OCH3 is 1. The van der Waals surface area contributed by atoms with Crippen molar-refractivity contribution in [3.8, 4) is 0 Å². The molecule has 19 heavy (non-hydrogen) atoms. The van der Waals surface area contributed by atoms with Crippen LogP contribution in [0, 0.1) is 0 Å². The third-order valence-corrected chi connectivity index (χ3v) is 3.11. The second-order valence-corrected chi connectivity index (χ2v) is 6.30. The Bertz CT molecular complexity index is 374. The number of carbonyl (C=O) groups excluding carboxylic acids is 1. The molecule has 0 aromatic heterocycles. The number of alkyl halides is 3. The molecule has 0 radical (unpaired) electrons. The Morgan fingerprint density at radius 1 is 1.63 bits per heavy atom. The molecule has 0 aromatic rings. The van der Waals surface area contributed by atoms with E-state index >= 15 is 0 Å². The van der Waals surface area contributed by atoms with Crippen LogP contribution in [0.25, 0.3) is 0 Å². The topological polar surface area (TPSA) is 44.8 Å². The average molecular weight is 330 g/mol. The SMILES string of the molecule is COC1C=C/C(=C\C[C@@H](OC(C)=O)C(Cl)(Cl)Cl)CO1. The van der Waals surface area contributed by atoms with Crippen molar-refractivity contribution in [3.63, 3.8) is 0 Å². The minimum absolute atomic E-state index is 0.288. The highest BCUT2D eigenvalue weighted by Gasteiger charge is 2.34. The summed E-state index contributed by atoms with van der Waals surface area (Å²) in [6.45, 7) is 1.66. The molecule has 0 amide bonds. The zero-order chi connectivity index (χ0) is 14.5. The Morgan fingerprint density at radius 2 is 2.32 bits per heavy atom. The lowest BCUT2D eigenvalue weighted by Gasteiger charge is -2.23. The molecule has 0 aromatic carbocycles. The van der Waals surface area contributed by atoms with Crippen molar-refractivity contribution >= 4 is 40.8 Å². The van der Waals surface area contributed by atoms with Gasteiger partial charge in [0.2, 0.25) is 3.79 Å². The third-order valence-electron chi connectivity index (χ3n) is 2.38. The molecule has 0 aliphatic carbocycles. The van der Waals surface area contributed by atoms with Crippen LogP contribution in [0.1, 0.15) is 13.3 Å². The van der Waals surface area contributed by atoms with Crippen LogP contribution in [-0.4, -0.2) is 35.9 Å². The smallest absolute Gasteiger partial charge is 0.303 e. The zero-order valence-corrected chi connectivity index (χ0v) is 12.8. The van der Waals surface area contributed by atoms with E-state index in [0.717, 1.165) is 5.57 Å². The van der Waals surface area contributed by atoms with Crippen molar-refractivity contribution in [3.05, 3.63) is 23.8 Å². The fourth-order valence-electron chi connectivity index (χ4n) is 1.47. The predicted molar refractivity (Wildman–Crippen MR) is 74.4 cm³/mol. The maximum atomic E-state index is 11.0. The summed E-state index contributed by atoms with van der Waals surface area (Å²) in [5.41, 5.74) is 0.903. The van der Waals surface area contributed by atoms with E-state index in [9.17, 15) is 4.79 Å². The molecule has 0 saturated carbocycles. The minimum atomic E-state index is -1.67. The van der Waals surface area contributed by atoms with Gasteiger partial charge in [0.1, 0.15) is 0 Å². The Hall–Kier alpha value is -0.260. The van der Waals surface area contributed by atoms with Crippen LogP contribution < -0.4 is 0 Å². The van der Waals surface area contributed by atoms with Crippen LogP contribution in [0.2, 0.25) is 0 Å². The summed E-state index contributed by atoms with van der Waals surface area (Å²) in [5, 5.41) is 0. The molecule has 0 saturated heterocycles. The molecule has 2 atom stereocenters. The molecule has 0 fully saturated rings. The lowest BCUT2D eigenvalue weighted by Crippen LogP contribution is -2.30. The van der Waals surface area contributed by atoms with Gasteiger partial charge in [-0.2, -0.15) is 0 Å². The summed E-state index contributed by atoms with van der Waals surface area (Å²) in [7, 11) is 1.56. The molecular formula is C12H15Cl3O4. The highest BCUT2D eigenvalue weighted by atomic mass is 35.6. The van der Waals surface area contributed by atoms with Gasteiger partial charge in [-0.3, -0.25) is 4.79 Å². The average Bonchev–Trinajstić information content (AvgIpc) is 2.33. The first-order chi connectivity index (χ1) is 8.82. The maximum Gasteiger partial charge on any atom is 0.303 e. The molecule has 1 unspecified atom stereocenters. The molecule has 7 heteroatoms. The van der Waals surface area contributed by atoms with E-state index in [1.54, 1.807) is 19.3 Å². The Kier molecular flexibility index (Phi) is 6.63. The van der Waals surface area contributed by atoms with Crippen molar-refractivity contribution < 1.29 is 19.0 Å². The van der Waals surface area contributed by atoms with Gasteiger partial charge in [-0.05, 0) is 11.6 Å². The fourth-order valence-corrected chi connectivity index (χ4v) is 1.87. The molecule has 1 aliphatic rings. The Labute approximate surface area is 127 Å². The van der Waals surface area contributed by atoms with E-state index in [-0.39, 0.29) is 12.7 Å². The van der Waals surface area contributed by atoms with Crippen LogP contribution in [0.3, 0.4) is 0 Å². The molecule has 4 nitrogen and oxygen atoms in total. The summed E-state index contributed by atoms with van der Waals surface area (Å²) < 4.78 is 13.7. The molecule has 1 rings (SSSR count).